The normalized spacial score (nSPS) is 15.9. The molecule has 2 aliphatic heterocycles. The van der Waals surface area contributed by atoms with Crippen molar-refractivity contribution in [1.29, 1.82) is 0 Å². The summed E-state index contributed by atoms with van der Waals surface area (Å²) in [6.45, 7) is 3.23. The molecule has 4 heterocycles. The topological polar surface area (TPSA) is 67.9 Å². The molecule has 0 saturated carbocycles. The van der Waals surface area contributed by atoms with Crippen molar-refractivity contribution in [2.75, 3.05) is 58.8 Å². The van der Waals surface area contributed by atoms with E-state index in [1.54, 1.807) is 11.3 Å². The van der Waals surface area contributed by atoms with Crippen molar-refractivity contribution < 1.29 is 18.4 Å². The van der Waals surface area contributed by atoms with E-state index in [2.05, 4.69) is 49.2 Å². The van der Waals surface area contributed by atoms with Crippen LogP contribution in [0.1, 0.15) is 24.0 Å². The molecule has 0 unspecified atom stereocenters. The third-order valence-corrected chi connectivity index (χ3v) is 8.20. The number of benzene rings is 2. The van der Waals surface area contributed by atoms with Crippen LogP contribution in [0.2, 0.25) is 0 Å². The first-order valence-corrected chi connectivity index (χ1v) is 13.9. The van der Waals surface area contributed by atoms with Gasteiger partial charge in [0, 0.05) is 29.7 Å². The number of nitrogens with zero attached hydrogens (tertiary/aromatic N) is 4. The molecule has 0 bridgehead atoms. The van der Waals surface area contributed by atoms with Crippen molar-refractivity contribution in [3.63, 3.8) is 0 Å². The lowest BCUT2D eigenvalue weighted by atomic mass is 9.90. The first-order chi connectivity index (χ1) is 17.9. The minimum absolute atomic E-state index is 0.0869. The van der Waals surface area contributed by atoms with Crippen molar-refractivity contribution in [2.24, 2.45) is 4.99 Å². The number of hydrogen-bond donors (Lipinski definition) is 0. The summed E-state index contributed by atoms with van der Waals surface area (Å²) in [5.41, 5.74) is 7.13. The van der Waals surface area contributed by atoms with Gasteiger partial charge in [0.15, 0.2) is 0 Å². The van der Waals surface area contributed by atoms with Crippen LogP contribution in [-0.4, -0.2) is 69.4 Å². The second-order valence-corrected chi connectivity index (χ2v) is 12.0. The van der Waals surface area contributed by atoms with E-state index in [9.17, 15) is 4.79 Å². The van der Waals surface area contributed by atoms with Gasteiger partial charge in [0.2, 0.25) is 5.55 Å². The summed E-state index contributed by atoms with van der Waals surface area (Å²) in [6, 6.07) is 12.6. The quantitative estimate of drug-likeness (QED) is 0.277. The number of quaternary nitrogens is 1. The average Bonchev–Trinajstić information content (AvgIpc) is 3.31. The highest BCUT2D eigenvalue weighted by Gasteiger charge is 2.27. The number of aryl methyl sites for hydroxylation is 2. The lowest BCUT2D eigenvalue weighted by molar-refractivity contribution is -0.870. The van der Waals surface area contributed by atoms with Crippen LogP contribution in [0, 0.1) is 0 Å². The molecule has 2 aromatic heterocycles. The highest BCUT2D eigenvalue weighted by Crippen LogP contribution is 2.40. The number of thiazole rings is 1. The molecule has 192 valence electrons. The Morgan fingerprint density at radius 3 is 2.78 bits per heavy atom. The van der Waals surface area contributed by atoms with Gasteiger partial charge in [0.25, 0.3) is 0 Å². The van der Waals surface area contributed by atoms with E-state index in [0.29, 0.717) is 12.2 Å². The van der Waals surface area contributed by atoms with E-state index in [0.717, 1.165) is 75.1 Å². The molecular formula is C29H33N4O3S+. The van der Waals surface area contributed by atoms with Crippen molar-refractivity contribution in [1.82, 2.24) is 4.98 Å². The van der Waals surface area contributed by atoms with Crippen molar-refractivity contribution in [3.05, 3.63) is 53.1 Å². The van der Waals surface area contributed by atoms with Gasteiger partial charge in [0.05, 0.1) is 36.9 Å². The summed E-state index contributed by atoms with van der Waals surface area (Å²) in [5, 5.41) is 1.92. The highest BCUT2D eigenvalue weighted by molar-refractivity contribution is 7.21. The second-order valence-electron chi connectivity index (χ2n) is 11.0. The van der Waals surface area contributed by atoms with Crippen molar-refractivity contribution in [2.45, 2.75) is 25.7 Å². The number of ether oxygens (including phenoxy) is 1. The van der Waals surface area contributed by atoms with Gasteiger partial charge in [0.1, 0.15) is 30.3 Å². The number of carbonyl (C=O) groups excluding carboxylic acids is 1. The molecule has 8 heteroatoms. The smallest absolute Gasteiger partial charge is 0.328 e. The van der Waals surface area contributed by atoms with Crippen LogP contribution in [0.5, 0.6) is 0 Å². The molecule has 7 nitrogen and oxygen atoms in total. The van der Waals surface area contributed by atoms with Crippen LogP contribution in [-0.2, 0) is 22.4 Å². The largest absolute Gasteiger partial charge is 0.458 e. The Labute approximate surface area is 220 Å². The predicted octanol–water partition coefficient (Wildman–Crippen LogP) is 4.56. The summed E-state index contributed by atoms with van der Waals surface area (Å²) in [5.74, 6) is -0.350. The van der Waals surface area contributed by atoms with E-state index in [4.69, 9.17) is 14.1 Å². The van der Waals surface area contributed by atoms with Gasteiger partial charge < -0.3 is 18.5 Å². The summed E-state index contributed by atoms with van der Waals surface area (Å²) in [6.07, 6.45) is 4.39. The minimum Gasteiger partial charge on any atom is -0.458 e. The molecule has 0 atom stereocenters. The fourth-order valence-electron chi connectivity index (χ4n) is 5.33. The molecule has 6 rings (SSSR count). The maximum absolute atomic E-state index is 12.5. The van der Waals surface area contributed by atoms with Crippen LogP contribution in [0.3, 0.4) is 0 Å². The molecule has 0 N–H and O–H groups in total. The fourth-order valence-corrected chi connectivity index (χ4v) is 6.30. The van der Waals surface area contributed by atoms with Gasteiger partial charge in [-0.15, -0.1) is 11.3 Å². The summed E-state index contributed by atoms with van der Waals surface area (Å²) in [4.78, 5) is 24.6. The SMILES string of the molecule is C[N+](C)(C)CCOC(=O)CN=c1oc2c3c4c(cc2cc1-c1nc2ccccc2s1)CCCN4CCC3. The maximum atomic E-state index is 12.5. The Bertz CT molecular complexity index is 1530. The van der Waals surface area contributed by atoms with E-state index < -0.39 is 0 Å². The predicted molar refractivity (Wildman–Crippen MR) is 148 cm³/mol. The summed E-state index contributed by atoms with van der Waals surface area (Å²) in [7, 11) is 6.22. The first kappa shape index (κ1) is 24.1. The monoisotopic (exact) mass is 517 g/mol. The number of hydrogen-bond acceptors (Lipinski definition) is 7. The third kappa shape index (κ3) is 4.88. The van der Waals surface area contributed by atoms with E-state index >= 15 is 0 Å². The van der Waals surface area contributed by atoms with Crippen molar-refractivity contribution in [3.8, 4) is 10.6 Å². The van der Waals surface area contributed by atoms with Crippen LogP contribution in [0.4, 0.5) is 5.69 Å². The highest BCUT2D eigenvalue weighted by atomic mass is 32.1. The third-order valence-electron chi connectivity index (χ3n) is 7.13. The van der Waals surface area contributed by atoms with Gasteiger partial charge in [-0.2, -0.15) is 0 Å². The number of carbonyl (C=O) groups is 1. The van der Waals surface area contributed by atoms with E-state index in [-0.39, 0.29) is 12.5 Å². The number of aromatic nitrogens is 1. The Morgan fingerprint density at radius 1 is 1.16 bits per heavy atom. The molecule has 0 aliphatic carbocycles. The molecule has 0 radical (unpaired) electrons. The molecule has 37 heavy (non-hydrogen) atoms. The minimum atomic E-state index is -0.350. The maximum Gasteiger partial charge on any atom is 0.328 e. The van der Waals surface area contributed by atoms with Gasteiger partial charge in [-0.1, -0.05) is 12.1 Å². The Balaban J connectivity index is 1.45. The molecule has 0 amide bonds. The molecule has 4 aromatic rings. The van der Waals surface area contributed by atoms with Crippen LogP contribution < -0.4 is 10.5 Å². The molecule has 0 fully saturated rings. The Kier molecular flexibility index (Phi) is 6.24. The number of rotatable bonds is 6. The fraction of sp³-hybridized carbons (Fsp3) is 0.414. The Hall–Kier alpha value is -3.23. The van der Waals surface area contributed by atoms with Gasteiger partial charge >= 0.3 is 5.97 Å². The number of para-hydroxylation sites is 1. The van der Waals surface area contributed by atoms with E-state index in [1.165, 1.54) is 23.2 Å². The van der Waals surface area contributed by atoms with Crippen LogP contribution in [0.25, 0.3) is 31.8 Å². The zero-order valence-electron chi connectivity index (χ0n) is 21.7. The number of anilines is 1. The zero-order chi connectivity index (χ0) is 25.6. The zero-order valence-corrected chi connectivity index (χ0v) is 22.6. The molecule has 2 aliphatic rings. The van der Waals surface area contributed by atoms with Crippen molar-refractivity contribution >= 4 is 44.2 Å². The number of fused-ring (bicyclic) bond motifs is 3. The Morgan fingerprint density at radius 2 is 1.97 bits per heavy atom. The van der Waals surface area contributed by atoms with Gasteiger partial charge in [-0.25, -0.2) is 9.98 Å². The molecule has 0 spiro atoms. The van der Waals surface area contributed by atoms with Gasteiger partial charge in [-0.3, -0.25) is 4.79 Å². The average molecular weight is 518 g/mol. The summed E-state index contributed by atoms with van der Waals surface area (Å²) >= 11 is 1.62. The van der Waals surface area contributed by atoms with Gasteiger partial charge in [-0.05, 0) is 55.5 Å². The summed E-state index contributed by atoms with van der Waals surface area (Å²) < 4.78 is 13.9. The lowest BCUT2D eigenvalue weighted by Gasteiger charge is -2.37. The lowest BCUT2D eigenvalue weighted by Crippen LogP contribution is -2.38. The molecule has 2 aromatic carbocycles. The van der Waals surface area contributed by atoms with E-state index in [1.807, 2.05) is 18.2 Å². The molecular weight excluding hydrogens is 484 g/mol. The first-order valence-electron chi connectivity index (χ1n) is 13.1. The number of likely N-dealkylation sites (N-methyl/N-ethyl adjacent to an activating group) is 1. The second kappa shape index (κ2) is 9.58. The van der Waals surface area contributed by atoms with Crippen LogP contribution in [0.15, 0.2) is 45.8 Å². The standard InChI is InChI=1S/C29H33N4O3S/c1-33(2,3)14-15-35-25(34)18-30-28-22(29-31-23-10-4-5-11-24(23)37-29)17-20-16-19-8-6-12-32-13-7-9-21(26(19)32)27(20)36-28/h4-5,10-11,16-17H,6-9,12-15,18H2,1-3H3/q+1. The molecule has 0 saturated heterocycles. The number of esters is 1. The van der Waals surface area contributed by atoms with Crippen LogP contribution >= 0.6 is 11.3 Å².